The Morgan fingerprint density at radius 3 is 2.62 bits per heavy atom. The third-order valence-electron chi connectivity index (χ3n) is 9.11. The molecule has 4 saturated carbocycles. The van der Waals surface area contributed by atoms with Gasteiger partial charge in [0.1, 0.15) is 0 Å². The average Bonchev–Trinajstić information content (AvgIpc) is 2.82. The third-order valence-corrected chi connectivity index (χ3v) is 9.11. The lowest BCUT2D eigenvalue weighted by Gasteiger charge is -2.56. The summed E-state index contributed by atoms with van der Waals surface area (Å²) in [6, 6.07) is 0. The van der Waals surface area contributed by atoms with E-state index in [1.165, 1.54) is 51.4 Å². The van der Waals surface area contributed by atoms with E-state index < -0.39 is 0 Å². The number of hydrogen-bond acceptors (Lipinski definition) is 2. The molecule has 0 aromatic rings. The zero-order valence-corrected chi connectivity index (χ0v) is 16.1. The zero-order chi connectivity index (χ0) is 16.9. The largest absolute Gasteiger partial charge is 0.390 e. The Morgan fingerprint density at radius 1 is 1.00 bits per heavy atom. The minimum Gasteiger partial charge on any atom is -0.390 e. The summed E-state index contributed by atoms with van der Waals surface area (Å²) in [5.41, 5.74) is 1.04. The predicted molar refractivity (Wildman–Crippen MR) is 97.8 cm³/mol. The van der Waals surface area contributed by atoms with Crippen LogP contribution >= 0.6 is 0 Å². The SMILES string of the molecule is CCO[C@H]1C[C@@]2(C)[C@@H](CC[C@H]3C[C@@H]4CCC[C@@]4(C)CC[C@@H]32)C[C@@H]1O. The molecule has 0 bridgehead atoms. The molecule has 4 rings (SSSR count). The van der Waals surface area contributed by atoms with Gasteiger partial charge in [-0.15, -0.1) is 0 Å². The molecule has 138 valence electrons. The highest BCUT2D eigenvalue weighted by molar-refractivity contribution is 5.05. The average molecular weight is 335 g/mol. The highest BCUT2D eigenvalue weighted by Crippen LogP contribution is 2.63. The molecular weight excluding hydrogens is 296 g/mol. The number of aliphatic hydroxyl groups excluding tert-OH is 1. The predicted octanol–water partition coefficient (Wildman–Crippen LogP) is 5.19. The van der Waals surface area contributed by atoms with Gasteiger partial charge in [-0.3, -0.25) is 0 Å². The van der Waals surface area contributed by atoms with Crippen LogP contribution in [0.4, 0.5) is 0 Å². The maximum Gasteiger partial charge on any atom is 0.0839 e. The van der Waals surface area contributed by atoms with Gasteiger partial charge in [-0.2, -0.15) is 0 Å². The Labute approximate surface area is 148 Å². The molecule has 24 heavy (non-hydrogen) atoms. The van der Waals surface area contributed by atoms with Crippen molar-refractivity contribution < 1.29 is 9.84 Å². The van der Waals surface area contributed by atoms with Crippen LogP contribution in [0.1, 0.15) is 85.0 Å². The van der Waals surface area contributed by atoms with Crippen LogP contribution in [0, 0.1) is 34.5 Å². The molecule has 1 N–H and O–H groups in total. The summed E-state index contributed by atoms with van der Waals surface area (Å²) in [5.74, 6) is 3.52. The van der Waals surface area contributed by atoms with Gasteiger partial charge in [0.05, 0.1) is 12.2 Å². The summed E-state index contributed by atoms with van der Waals surface area (Å²) in [6.45, 7) is 7.96. The standard InChI is InChI=1S/C22H38O2/c1-4-24-20-14-22(3)17(13-19(20)23)8-7-15-12-16-6-5-10-21(16,2)11-9-18(15)22/h15-20,23H,4-14H2,1-3H3/t15-,16-,17-,18-,19-,20-,21-,22-/m0/s1. The number of fused-ring (bicyclic) bond motifs is 4. The van der Waals surface area contributed by atoms with Crippen LogP contribution in [0.25, 0.3) is 0 Å². The van der Waals surface area contributed by atoms with E-state index >= 15 is 0 Å². The van der Waals surface area contributed by atoms with Gasteiger partial charge in [-0.05, 0) is 99.2 Å². The molecule has 0 aromatic heterocycles. The summed E-state index contributed by atoms with van der Waals surface area (Å²) < 4.78 is 5.96. The van der Waals surface area contributed by atoms with Crippen molar-refractivity contribution in [2.24, 2.45) is 34.5 Å². The van der Waals surface area contributed by atoms with Crippen molar-refractivity contribution in [3.63, 3.8) is 0 Å². The Morgan fingerprint density at radius 2 is 1.83 bits per heavy atom. The van der Waals surface area contributed by atoms with E-state index in [4.69, 9.17) is 4.74 Å². The topological polar surface area (TPSA) is 29.5 Å². The number of ether oxygens (including phenoxy) is 1. The molecule has 0 amide bonds. The van der Waals surface area contributed by atoms with Gasteiger partial charge in [0.15, 0.2) is 0 Å². The van der Waals surface area contributed by atoms with Crippen molar-refractivity contribution >= 4 is 0 Å². The Kier molecular flexibility index (Phi) is 4.53. The van der Waals surface area contributed by atoms with Crippen molar-refractivity contribution in [3.8, 4) is 0 Å². The van der Waals surface area contributed by atoms with Gasteiger partial charge in [0.25, 0.3) is 0 Å². The first-order valence-corrected chi connectivity index (χ1v) is 10.8. The lowest BCUT2D eigenvalue weighted by molar-refractivity contribution is -0.148. The molecule has 0 aromatic carbocycles. The van der Waals surface area contributed by atoms with E-state index in [1.54, 1.807) is 0 Å². The fraction of sp³-hybridized carbons (Fsp3) is 1.00. The van der Waals surface area contributed by atoms with E-state index in [2.05, 4.69) is 20.8 Å². The molecule has 0 unspecified atom stereocenters. The van der Waals surface area contributed by atoms with E-state index in [0.29, 0.717) is 10.8 Å². The Hall–Kier alpha value is -0.0800. The molecule has 0 spiro atoms. The van der Waals surface area contributed by atoms with Crippen molar-refractivity contribution in [2.45, 2.75) is 97.2 Å². The fourth-order valence-electron chi connectivity index (χ4n) is 7.62. The molecule has 4 aliphatic carbocycles. The smallest absolute Gasteiger partial charge is 0.0839 e. The van der Waals surface area contributed by atoms with Gasteiger partial charge in [0, 0.05) is 6.61 Å². The number of hydrogen-bond donors (Lipinski definition) is 1. The van der Waals surface area contributed by atoms with Gasteiger partial charge in [0.2, 0.25) is 0 Å². The highest BCUT2D eigenvalue weighted by Gasteiger charge is 2.55. The minimum absolute atomic E-state index is 0.0772. The second-order valence-electron chi connectivity index (χ2n) is 10.2. The van der Waals surface area contributed by atoms with Gasteiger partial charge < -0.3 is 9.84 Å². The molecule has 4 fully saturated rings. The van der Waals surface area contributed by atoms with E-state index in [0.717, 1.165) is 43.1 Å². The van der Waals surface area contributed by atoms with Crippen molar-refractivity contribution in [1.82, 2.24) is 0 Å². The Bertz CT molecular complexity index is 463. The Balaban J connectivity index is 1.58. The summed E-state index contributed by atoms with van der Waals surface area (Å²) in [6.07, 6.45) is 13.5. The van der Waals surface area contributed by atoms with Crippen LogP contribution in [0.3, 0.4) is 0 Å². The normalized spacial score (nSPS) is 54.5. The summed E-state index contributed by atoms with van der Waals surface area (Å²) in [5, 5.41) is 10.6. The van der Waals surface area contributed by atoms with E-state index in [1.807, 2.05) is 0 Å². The van der Waals surface area contributed by atoms with Gasteiger partial charge >= 0.3 is 0 Å². The molecule has 0 saturated heterocycles. The summed E-state index contributed by atoms with van der Waals surface area (Å²) in [7, 11) is 0. The van der Waals surface area contributed by atoms with E-state index in [-0.39, 0.29) is 12.2 Å². The second kappa shape index (κ2) is 6.27. The fourth-order valence-corrected chi connectivity index (χ4v) is 7.62. The first-order valence-electron chi connectivity index (χ1n) is 10.8. The van der Waals surface area contributed by atoms with Crippen LogP contribution in [-0.2, 0) is 4.74 Å². The van der Waals surface area contributed by atoms with Crippen molar-refractivity contribution in [2.75, 3.05) is 6.61 Å². The first kappa shape index (κ1) is 17.3. The molecule has 4 aliphatic rings. The van der Waals surface area contributed by atoms with Crippen LogP contribution in [0.15, 0.2) is 0 Å². The molecule has 0 radical (unpaired) electrons. The van der Waals surface area contributed by atoms with Crippen molar-refractivity contribution in [3.05, 3.63) is 0 Å². The number of rotatable bonds is 2. The lowest BCUT2D eigenvalue weighted by Crippen LogP contribution is -2.53. The molecule has 0 heterocycles. The second-order valence-corrected chi connectivity index (χ2v) is 10.2. The van der Waals surface area contributed by atoms with E-state index in [9.17, 15) is 5.11 Å². The maximum absolute atomic E-state index is 10.6. The van der Waals surface area contributed by atoms with Crippen LogP contribution in [0.5, 0.6) is 0 Å². The monoisotopic (exact) mass is 334 g/mol. The van der Waals surface area contributed by atoms with Crippen LogP contribution < -0.4 is 0 Å². The molecular formula is C22H38O2. The highest BCUT2D eigenvalue weighted by atomic mass is 16.5. The quantitative estimate of drug-likeness (QED) is 0.753. The lowest BCUT2D eigenvalue weighted by atomic mass is 9.50. The van der Waals surface area contributed by atoms with Gasteiger partial charge in [-0.25, -0.2) is 0 Å². The molecule has 8 atom stereocenters. The molecule has 2 nitrogen and oxygen atoms in total. The number of aliphatic hydroxyl groups is 1. The van der Waals surface area contributed by atoms with Gasteiger partial charge in [-0.1, -0.05) is 20.3 Å². The zero-order valence-electron chi connectivity index (χ0n) is 16.1. The van der Waals surface area contributed by atoms with Crippen LogP contribution in [0.2, 0.25) is 0 Å². The minimum atomic E-state index is -0.234. The maximum atomic E-state index is 10.6. The molecule has 2 heteroatoms. The third kappa shape index (κ3) is 2.67. The summed E-state index contributed by atoms with van der Waals surface area (Å²) in [4.78, 5) is 0. The first-order chi connectivity index (χ1) is 11.5. The summed E-state index contributed by atoms with van der Waals surface area (Å²) >= 11 is 0. The molecule has 0 aliphatic heterocycles. The van der Waals surface area contributed by atoms with Crippen LogP contribution in [-0.4, -0.2) is 23.9 Å². The van der Waals surface area contributed by atoms with Crippen molar-refractivity contribution in [1.29, 1.82) is 0 Å².